The molecule has 0 saturated carbocycles. The maximum Gasteiger partial charge on any atom is 0.259 e. The number of thiophene rings is 1. The molecular weight excluding hydrogens is 414 g/mol. The highest BCUT2D eigenvalue weighted by Crippen LogP contribution is 2.33. The van der Waals surface area contributed by atoms with E-state index in [1.165, 1.54) is 28.0 Å². The molecule has 0 aliphatic heterocycles. The summed E-state index contributed by atoms with van der Waals surface area (Å²) in [6.45, 7) is 2.70. The Balaban J connectivity index is 1.31. The number of carbonyl (C=O) groups excluding carboxylic acids is 1. The molecule has 1 amide bonds. The van der Waals surface area contributed by atoms with Gasteiger partial charge in [-0.3, -0.25) is 9.59 Å². The van der Waals surface area contributed by atoms with Gasteiger partial charge in [-0.25, -0.2) is 4.98 Å². The molecule has 0 saturated heterocycles. The van der Waals surface area contributed by atoms with Gasteiger partial charge in [0.15, 0.2) is 0 Å². The van der Waals surface area contributed by atoms with Crippen molar-refractivity contribution in [3.8, 4) is 0 Å². The molecule has 0 spiro atoms. The molecule has 0 bridgehead atoms. The van der Waals surface area contributed by atoms with Gasteiger partial charge in [-0.05, 0) is 49.3 Å². The Hall–Kier alpha value is -2.12. The first-order valence-corrected chi connectivity index (χ1v) is 12.4. The van der Waals surface area contributed by atoms with Crippen molar-refractivity contribution in [3.63, 3.8) is 0 Å². The first-order chi connectivity index (χ1) is 14.5. The zero-order valence-electron chi connectivity index (χ0n) is 17.5. The Morgan fingerprint density at radius 2 is 2.07 bits per heavy atom. The number of benzene rings is 1. The summed E-state index contributed by atoms with van der Waals surface area (Å²) in [4.78, 5) is 36.7. The van der Waals surface area contributed by atoms with Crippen LogP contribution in [0.2, 0.25) is 0 Å². The molecule has 2 heterocycles. The highest BCUT2D eigenvalue weighted by Gasteiger charge is 2.19. The number of nitrogens with one attached hydrogen (secondary N) is 1. The van der Waals surface area contributed by atoms with E-state index in [0.29, 0.717) is 30.3 Å². The average Bonchev–Trinajstić information content (AvgIpc) is 3.11. The van der Waals surface area contributed by atoms with Crippen molar-refractivity contribution in [3.05, 3.63) is 62.0 Å². The number of nitrogens with zero attached hydrogens (tertiary/aromatic N) is 2. The number of carbonyl (C=O) groups is 1. The molecule has 7 heteroatoms. The molecule has 30 heavy (non-hydrogen) atoms. The lowest BCUT2D eigenvalue weighted by molar-refractivity contribution is -0.129. The lowest BCUT2D eigenvalue weighted by Gasteiger charge is -2.18. The van der Waals surface area contributed by atoms with Gasteiger partial charge in [-0.15, -0.1) is 11.3 Å². The molecule has 1 aliphatic rings. The summed E-state index contributed by atoms with van der Waals surface area (Å²) >= 11 is 3.32. The van der Waals surface area contributed by atoms with Crippen molar-refractivity contribution in [2.24, 2.45) is 0 Å². The second kappa shape index (κ2) is 9.35. The topological polar surface area (TPSA) is 66.1 Å². The molecule has 4 rings (SSSR count). The molecule has 1 N–H and O–H groups in total. The second-order valence-corrected chi connectivity index (χ2v) is 10.1. The number of aromatic nitrogens is 2. The minimum Gasteiger partial charge on any atom is -0.341 e. The van der Waals surface area contributed by atoms with E-state index in [1.54, 1.807) is 28.0 Å². The SMILES string of the molecule is Cc1ccccc1CN(C)C(=O)CCSCc1nc2sc3c(c2c(=O)[nH]1)CCCC3. The van der Waals surface area contributed by atoms with Gasteiger partial charge >= 0.3 is 0 Å². The predicted molar refractivity (Wildman–Crippen MR) is 125 cm³/mol. The summed E-state index contributed by atoms with van der Waals surface area (Å²) in [6, 6.07) is 8.15. The highest BCUT2D eigenvalue weighted by atomic mass is 32.2. The van der Waals surface area contributed by atoms with E-state index >= 15 is 0 Å². The number of amides is 1. The number of hydrogen-bond acceptors (Lipinski definition) is 5. The molecule has 0 unspecified atom stereocenters. The van der Waals surface area contributed by atoms with Crippen LogP contribution < -0.4 is 5.56 Å². The van der Waals surface area contributed by atoms with Gasteiger partial charge in [0.25, 0.3) is 5.56 Å². The van der Waals surface area contributed by atoms with Crippen molar-refractivity contribution < 1.29 is 4.79 Å². The highest BCUT2D eigenvalue weighted by molar-refractivity contribution is 7.98. The van der Waals surface area contributed by atoms with E-state index in [-0.39, 0.29) is 11.5 Å². The van der Waals surface area contributed by atoms with Crippen LogP contribution in [-0.2, 0) is 29.9 Å². The molecule has 5 nitrogen and oxygen atoms in total. The van der Waals surface area contributed by atoms with Crippen molar-refractivity contribution in [1.82, 2.24) is 14.9 Å². The number of fused-ring (bicyclic) bond motifs is 3. The Kier molecular flexibility index (Phi) is 6.58. The van der Waals surface area contributed by atoms with Crippen LogP contribution in [0.1, 0.15) is 46.7 Å². The average molecular weight is 442 g/mol. The Morgan fingerprint density at radius 3 is 2.90 bits per heavy atom. The lowest BCUT2D eigenvalue weighted by atomic mass is 9.97. The molecule has 158 valence electrons. The maximum atomic E-state index is 12.6. The van der Waals surface area contributed by atoms with Gasteiger partial charge in [0.05, 0.1) is 11.1 Å². The molecule has 0 atom stereocenters. The molecule has 3 aromatic rings. The quantitative estimate of drug-likeness (QED) is 0.550. The molecule has 1 aromatic carbocycles. The third-order valence-corrected chi connectivity index (χ3v) is 7.82. The largest absolute Gasteiger partial charge is 0.341 e. The number of hydrogen-bond donors (Lipinski definition) is 1. The molecule has 2 aromatic heterocycles. The molecule has 1 aliphatic carbocycles. The van der Waals surface area contributed by atoms with Gasteiger partial charge in [-0.1, -0.05) is 24.3 Å². The normalized spacial score (nSPS) is 13.4. The van der Waals surface area contributed by atoms with Crippen LogP contribution >= 0.6 is 23.1 Å². The fourth-order valence-corrected chi connectivity index (χ4v) is 6.00. The number of rotatable bonds is 7. The third kappa shape index (κ3) is 4.62. The maximum absolute atomic E-state index is 12.6. The van der Waals surface area contributed by atoms with E-state index in [2.05, 4.69) is 24.0 Å². The van der Waals surface area contributed by atoms with E-state index < -0.39 is 0 Å². The van der Waals surface area contributed by atoms with Gasteiger partial charge in [0.2, 0.25) is 5.91 Å². The van der Waals surface area contributed by atoms with Crippen LogP contribution in [0.25, 0.3) is 10.2 Å². The molecular formula is C23H27N3O2S2. The number of aromatic amines is 1. The number of H-pyrrole nitrogens is 1. The fourth-order valence-electron chi connectivity index (χ4n) is 3.93. The van der Waals surface area contributed by atoms with Crippen LogP contribution in [0.5, 0.6) is 0 Å². The standard InChI is InChI=1S/C23H27N3O2S2/c1-15-7-3-4-8-16(15)13-26(2)20(27)11-12-29-14-19-24-22(28)21-17-9-5-6-10-18(17)30-23(21)25-19/h3-4,7-8H,5-6,9-14H2,1-2H3,(H,24,25,28). The van der Waals surface area contributed by atoms with Gasteiger partial charge < -0.3 is 9.88 Å². The van der Waals surface area contributed by atoms with E-state index in [9.17, 15) is 9.59 Å². The summed E-state index contributed by atoms with van der Waals surface area (Å²) < 4.78 is 0. The van der Waals surface area contributed by atoms with Crippen LogP contribution in [0.4, 0.5) is 0 Å². The zero-order chi connectivity index (χ0) is 21.1. The summed E-state index contributed by atoms with van der Waals surface area (Å²) in [5.41, 5.74) is 3.59. The third-order valence-electron chi connectivity index (χ3n) is 5.67. The van der Waals surface area contributed by atoms with Crippen molar-refractivity contribution >= 4 is 39.2 Å². The Bertz CT molecular complexity index is 1120. The first-order valence-electron chi connectivity index (χ1n) is 10.4. The fraction of sp³-hybridized carbons (Fsp3) is 0.435. The minimum absolute atomic E-state index is 0.0101. The van der Waals surface area contributed by atoms with Crippen molar-refractivity contribution in [1.29, 1.82) is 0 Å². The van der Waals surface area contributed by atoms with Crippen LogP contribution in [0.3, 0.4) is 0 Å². The Morgan fingerprint density at radius 1 is 1.27 bits per heavy atom. The van der Waals surface area contributed by atoms with Gasteiger partial charge in [0.1, 0.15) is 10.7 Å². The lowest BCUT2D eigenvalue weighted by Crippen LogP contribution is -2.26. The van der Waals surface area contributed by atoms with Crippen molar-refractivity contribution in [2.75, 3.05) is 12.8 Å². The van der Waals surface area contributed by atoms with Crippen LogP contribution in [-0.4, -0.2) is 33.6 Å². The summed E-state index contributed by atoms with van der Waals surface area (Å²) in [5.74, 6) is 2.16. The molecule has 0 fully saturated rings. The monoisotopic (exact) mass is 441 g/mol. The van der Waals surface area contributed by atoms with Crippen LogP contribution in [0.15, 0.2) is 29.1 Å². The minimum atomic E-state index is -0.0101. The van der Waals surface area contributed by atoms with Gasteiger partial charge in [0, 0.05) is 30.6 Å². The summed E-state index contributed by atoms with van der Waals surface area (Å²) in [7, 11) is 1.85. The van der Waals surface area contributed by atoms with E-state index in [1.807, 2.05) is 19.2 Å². The number of aryl methyl sites for hydroxylation is 3. The second-order valence-electron chi connectivity index (χ2n) is 7.88. The Labute approximate surface area is 184 Å². The van der Waals surface area contributed by atoms with Crippen LogP contribution in [0, 0.1) is 6.92 Å². The smallest absolute Gasteiger partial charge is 0.259 e. The van der Waals surface area contributed by atoms with E-state index in [0.717, 1.165) is 29.5 Å². The van der Waals surface area contributed by atoms with Crippen molar-refractivity contribution in [2.45, 2.75) is 51.3 Å². The first kappa shape index (κ1) is 21.1. The number of thioether (sulfide) groups is 1. The predicted octanol–water partition coefficient (Wildman–Crippen LogP) is 4.45. The van der Waals surface area contributed by atoms with Gasteiger partial charge in [-0.2, -0.15) is 11.8 Å². The zero-order valence-corrected chi connectivity index (χ0v) is 19.1. The molecule has 0 radical (unpaired) electrons. The summed E-state index contributed by atoms with van der Waals surface area (Å²) in [6.07, 6.45) is 4.89. The summed E-state index contributed by atoms with van der Waals surface area (Å²) in [5, 5.41) is 0.802. The van der Waals surface area contributed by atoms with E-state index in [4.69, 9.17) is 4.98 Å².